The fraction of sp³-hybridized carbons (Fsp3) is 0.500. The van der Waals surface area contributed by atoms with E-state index in [4.69, 9.17) is 9.72 Å². The number of carbonyl (C=O) groups is 1. The molecular formula is C20H27FN2O2S. The lowest BCUT2D eigenvalue weighted by Crippen LogP contribution is -2.34. The number of nitrogens with one attached hydrogen (secondary N) is 1. The Hall–Kier alpha value is -1.82. The number of pyridine rings is 1. The molecule has 2 rings (SSSR count). The number of carbonyl (C=O) groups excluding carboxylic acids is 1. The van der Waals surface area contributed by atoms with Crippen LogP contribution in [0.25, 0.3) is 10.9 Å². The number of ether oxygens (including phenoxy) is 1. The molecule has 0 aliphatic carbocycles. The molecule has 0 unspecified atom stereocenters. The number of aryl methyl sites for hydroxylation is 1. The van der Waals surface area contributed by atoms with Crippen LogP contribution in [-0.4, -0.2) is 21.9 Å². The van der Waals surface area contributed by atoms with Crippen molar-refractivity contribution in [3.8, 4) is 0 Å². The lowest BCUT2D eigenvalue weighted by molar-refractivity contribution is 0.0507. The van der Waals surface area contributed by atoms with Crippen LogP contribution in [0, 0.1) is 12.7 Å². The predicted octanol–water partition coefficient (Wildman–Crippen LogP) is 5.77. The number of fused-ring (bicyclic) bond motifs is 1. The Kier molecular flexibility index (Phi) is 6.17. The summed E-state index contributed by atoms with van der Waals surface area (Å²) >= 11 is 1.60. The van der Waals surface area contributed by atoms with E-state index in [1.165, 1.54) is 6.07 Å². The van der Waals surface area contributed by atoms with Gasteiger partial charge in [0, 0.05) is 21.8 Å². The van der Waals surface area contributed by atoms with E-state index in [1.54, 1.807) is 24.8 Å². The highest BCUT2D eigenvalue weighted by Gasteiger charge is 2.21. The topological polar surface area (TPSA) is 51.2 Å². The molecule has 6 heteroatoms. The van der Waals surface area contributed by atoms with E-state index >= 15 is 0 Å². The number of rotatable bonds is 4. The Morgan fingerprint density at radius 3 is 2.50 bits per heavy atom. The van der Waals surface area contributed by atoms with Crippen LogP contribution in [0.5, 0.6) is 0 Å². The maximum absolute atomic E-state index is 13.9. The fourth-order valence-electron chi connectivity index (χ4n) is 2.55. The molecule has 0 spiro atoms. The van der Waals surface area contributed by atoms with Crippen LogP contribution < -0.4 is 5.32 Å². The molecule has 0 saturated heterocycles. The normalized spacial score (nSPS) is 13.1. The first-order valence-corrected chi connectivity index (χ1v) is 9.62. The van der Waals surface area contributed by atoms with Crippen molar-refractivity contribution in [3.63, 3.8) is 0 Å². The van der Waals surface area contributed by atoms with Gasteiger partial charge in [-0.25, -0.2) is 14.2 Å². The maximum atomic E-state index is 13.9. The summed E-state index contributed by atoms with van der Waals surface area (Å²) in [6.45, 7) is 13.3. The van der Waals surface area contributed by atoms with Gasteiger partial charge in [0.2, 0.25) is 0 Å². The zero-order valence-corrected chi connectivity index (χ0v) is 17.3. The van der Waals surface area contributed by atoms with Gasteiger partial charge in [-0.3, -0.25) is 0 Å². The third-order valence-corrected chi connectivity index (χ3v) is 4.74. The van der Waals surface area contributed by atoms with Crippen LogP contribution in [-0.2, 0) is 4.74 Å². The molecule has 0 saturated carbocycles. The van der Waals surface area contributed by atoms with E-state index in [9.17, 15) is 9.18 Å². The van der Waals surface area contributed by atoms with Gasteiger partial charge >= 0.3 is 6.09 Å². The van der Waals surface area contributed by atoms with Gasteiger partial charge in [-0.2, -0.15) is 0 Å². The number of alkyl carbamates (subject to hydrolysis) is 1. The molecular weight excluding hydrogens is 351 g/mol. The van der Waals surface area contributed by atoms with Crippen molar-refractivity contribution >= 4 is 28.8 Å². The molecule has 2 aromatic rings. The molecule has 0 fully saturated rings. The minimum Gasteiger partial charge on any atom is -0.444 e. The van der Waals surface area contributed by atoms with Crippen LogP contribution in [0.1, 0.15) is 58.7 Å². The van der Waals surface area contributed by atoms with Crippen LogP contribution in [0.3, 0.4) is 0 Å². The Morgan fingerprint density at radius 2 is 1.92 bits per heavy atom. The summed E-state index contributed by atoms with van der Waals surface area (Å²) in [5, 5.41) is 4.82. The smallest absolute Gasteiger partial charge is 0.408 e. The second-order valence-electron chi connectivity index (χ2n) is 7.66. The van der Waals surface area contributed by atoms with Crippen LogP contribution >= 0.6 is 11.8 Å². The summed E-state index contributed by atoms with van der Waals surface area (Å²) in [4.78, 5) is 16.8. The second-order valence-corrected chi connectivity index (χ2v) is 9.23. The number of nitrogens with zero attached hydrogens (tertiary/aromatic N) is 1. The largest absolute Gasteiger partial charge is 0.444 e. The maximum Gasteiger partial charge on any atom is 0.408 e. The number of amides is 1. The fourth-order valence-corrected chi connectivity index (χ4v) is 3.51. The Bertz CT molecular complexity index is 816. The number of hydrogen-bond acceptors (Lipinski definition) is 4. The highest BCUT2D eigenvalue weighted by atomic mass is 32.2. The van der Waals surface area contributed by atoms with Crippen LogP contribution in [0.4, 0.5) is 9.18 Å². The molecule has 0 bridgehead atoms. The lowest BCUT2D eigenvalue weighted by Gasteiger charge is -2.23. The molecule has 0 radical (unpaired) electrons. The summed E-state index contributed by atoms with van der Waals surface area (Å²) in [6.07, 6.45) is -0.471. The zero-order chi connectivity index (χ0) is 19.6. The summed E-state index contributed by atoms with van der Waals surface area (Å²) in [6, 6.07) is 4.86. The van der Waals surface area contributed by atoms with E-state index in [-0.39, 0.29) is 11.9 Å². The van der Waals surface area contributed by atoms with Gasteiger partial charge in [0.15, 0.2) is 0 Å². The number of hydrogen-bond donors (Lipinski definition) is 1. The van der Waals surface area contributed by atoms with E-state index in [0.29, 0.717) is 16.3 Å². The summed E-state index contributed by atoms with van der Waals surface area (Å²) in [5.41, 5.74) is 1.53. The van der Waals surface area contributed by atoms with Gasteiger partial charge in [-0.05, 0) is 52.8 Å². The third kappa shape index (κ3) is 5.10. The van der Waals surface area contributed by atoms with Crippen molar-refractivity contribution in [1.29, 1.82) is 0 Å². The molecule has 142 valence electrons. The average molecular weight is 379 g/mol. The zero-order valence-electron chi connectivity index (χ0n) is 16.4. The summed E-state index contributed by atoms with van der Waals surface area (Å²) in [5.74, 6) is -0.266. The molecule has 1 amide bonds. The van der Waals surface area contributed by atoms with Crippen molar-refractivity contribution in [1.82, 2.24) is 10.3 Å². The molecule has 0 aliphatic heterocycles. The van der Waals surface area contributed by atoms with E-state index in [0.717, 1.165) is 16.0 Å². The molecule has 4 nitrogen and oxygen atoms in total. The van der Waals surface area contributed by atoms with Crippen molar-refractivity contribution in [2.75, 3.05) is 0 Å². The van der Waals surface area contributed by atoms with Gasteiger partial charge in [0.05, 0.1) is 11.6 Å². The third-order valence-electron chi connectivity index (χ3n) is 3.71. The summed E-state index contributed by atoms with van der Waals surface area (Å²) < 4.78 is 19.3. The highest BCUT2D eigenvalue weighted by Crippen LogP contribution is 2.33. The van der Waals surface area contributed by atoms with Crippen molar-refractivity contribution < 1.29 is 13.9 Å². The molecule has 0 aliphatic rings. The van der Waals surface area contributed by atoms with Gasteiger partial charge in [0.25, 0.3) is 0 Å². The monoisotopic (exact) mass is 378 g/mol. The van der Waals surface area contributed by atoms with Gasteiger partial charge in [-0.1, -0.05) is 13.8 Å². The van der Waals surface area contributed by atoms with Gasteiger partial charge < -0.3 is 10.1 Å². The van der Waals surface area contributed by atoms with Gasteiger partial charge in [0.1, 0.15) is 16.4 Å². The molecule has 1 aromatic carbocycles. The molecule has 1 aromatic heterocycles. The van der Waals surface area contributed by atoms with Crippen molar-refractivity contribution in [3.05, 3.63) is 35.1 Å². The minimum absolute atomic E-state index is 0.266. The van der Waals surface area contributed by atoms with Crippen molar-refractivity contribution in [2.24, 2.45) is 0 Å². The van der Waals surface area contributed by atoms with Gasteiger partial charge in [-0.15, -0.1) is 11.8 Å². The Labute approximate surface area is 158 Å². The van der Waals surface area contributed by atoms with E-state index < -0.39 is 11.7 Å². The quantitative estimate of drug-likeness (QED) is 0.686. The first-order chi connectivity index (χ1) is 12.0. The number of halogens is 1. The van der Waals surface area contributed by atoms with E-state index in [2.05, 4.69) is 19.2 Å². The highest BCUT2D eigenvalue weighted by molar-refractivity contribution is 7.99. The SMILES string of the molecule is Cc1c(F)ccc2cc([C@H](C)NC(=O)OC(C)(C)C)c(SC(C)C)nc12. The predicted molar refractivity (Wildman–Crippen MR) is 105 cm³/mol. The molecule has 1 atom stereocenters. The standard InChI is InChI=1S/C20H27FN2O2S/c1-11(2)26-18-15(13(4)22-19(24)25-20(5,6)7)10-14-8-9-16(21)12(3)17(14)23-18/h8-11,13H,1-7H3,(H,22,24)/t13-/m0/s1. The number of benzene rings is 1. The first kappa shape index (κ1) is 20.5. The average Bonchev–Trinajstić information content (AvgIpc) is 2.48. The second kappa shape index (κ2) is 7.82. The van der Waals surface area contributed by atoms with Crippen LogP contribution in [0.2, 0.25) is 0 Å². The number of aromatic nitrogens is 1. The molecule has 1 N–H and O–H groups in total. The number of thioether (sulfide) groups is 1. The summed E-state index contributed by atoms with van der Waals surface area (Å²) in [7, 11) is 0. The molecule has 26 heavy (non-hydrogen) atoms. The lowest BCUT2D eigenvalue weighted by atomic mass is 10.1. The molecule has 1 heterocycles. The van der Waals surface area contributed by atoms with Crippen LogP contribution in [0.15, 0.2) is 23.2 Å². The minimum atomic E-state index is -0.560. The first-order valence-electron chi connectivity index (χ1n) is 8.74. The van der Waals surface area contributed by atoms with Crippen molar-refractivity contribution in [2.45, 2.75) is 70.4 Å². The Morgan fingerprint density at radius 1 is 1.27 bits per heavy atom. The van der Waals surface area contributed by atoms with E-state index in [1.807, 2.05) is 33.8 Å². The Balaban J connectivity index is 2.43.